The molecule has 0 amide bonds. The van der Waals surface area contributed by atoms with Gasteiger partial charge < -0.3 is 11.5 Å². The van der Waals surface area contributed by atoms with E-state index >= 15 is 0 Å². The molecule has 0 spiro atoms. The maximum absolute atomic E-state index is 7.12. The first-order chi connectivity index (χ1) is 21.2. The normalized spacial score (nSPS) is 15.1. The molecule has 2 heteroatoms. The molecule has 0 saturated carbocycles. The molecule has 2 nitrogen and oxygen atoms in total. The third kappa shape index (κ3) is 3.13. The average molecular weight is 549 g/mol. The van der Waals surface area contributed by atoms with Crippen LogP contribution in [0.2, 0.25) is 0 Å². The minimum Gasteiger partial charge on any atom is -0.398 e. The maximum Gasteiger partial charge on any atom is 0.0699 e. The van der Waals surface area contributed by atoms with E-state index in [4.69, 9.17) is 11.5 Å². The molecule has 0 fully saturated rings. The molecule has 0 saturated heterocycles. The Bertz CT molecular complexity index is 2450. The van der Waals surface area contributed by atoms with E-state index in [0.29, 0.717) is 0 Å². The molecule has 0 aliphatic heterocycles. The molecule has 0 bridgehead atoms. The van der Waals surface area contributed by atoms with Crippen molar-refractivity contribution in [3.8, 4) is 0 Å². The molecule has 0 aromatic heterocycles. The van der Waals surface area contributed by atoms with Crippen molar-refractivity contribution in [2.75, 3.05) is 11.5 Å². The Morgan fingerprint density at radius 2 is 0.953 bits per heavy atom. The summed E-state index contributed by atoms with van der Waals surface area (Å²) < 4.78 is 0. The quantitative estimate of drug-likeness (QED) is 0.171. The van der Waals surface area contributed by atoms with Crippen LogP contribution in [0.3, 0.4) is 0 Å². The monoisotopic (exact) mass is 548 g/mol. The van der Waals surface area contributed by atoms with Gasteiger partial charge in [-0.2, -0.15) is 0 Å². The Morgan fingerprint density at radius 3 is 1.56 bits per heavy atom. The summed E-state index contributed by atoms with van der Waals surface area (Å²) in [4.78, 5) is 0. The van der Waals surface area contributed by atoms with Gasteiger partial charge in [-0.1, -0.05) is 127 Å². The second kappa shape index (κ2) is 8.70. The van der Waals surface area contributed by atoms with Gasteiger partial charge in [0.2, 0.25) is 0 Å². The molecule has 0 radical (unpaired) electrons. The number of hydrogen-bond donors (Lipinski definition) is 2. The van der Waals surface area contributed by atoms with Crippen LogP contribution >= 0.6 is 0 Å². The summed E-state index contributed by atoms with van der Waals surface area (Å²) in [7, 11) is 0. The van der Waals surface area contributed by atoms with E-state index in [0.717, 1.165) is 44.0 Å². The molecule has 4 N–H and O–H groups in total. The average Bonchev–Trinajstić information content (AvgIpc) is 3.46. The molecule has 9 rings (SSSR count). The third-order valence-corrected chi connectivity index (χ3v) is 9.54. The Balaban J connectivity index is 1.62. The summed E-state index contributed by atoms with van der Waals surface area (Å²) >= 11 is 0. The van der Waals surface area contributed by atoms with Crippen molar-refractivity contribution in [2.24, 2.45) is 0 Å². The van der Waals surface area contributed by atoms with Crippen molar-refractivity contribution in [3.63, 3.8) is 0 Å². The van der Waals surface area contributed by atoms with E-state index < -0.39 is 5.41 Å². The summed E-state index contributed by atoms with van der Waals surface area (Å²) in [5.41, 5.74) is 19.6. The Morgan fingerprint density at radius 1 is 0.465 bits per heavy atom. The number of fused-ring (bicyclic) bond motifs is 9. The highest BCUT2D eigenvalue weighted by atomic mass is 14.6. The zero-order valence-electron chi connectivity index (χ0n) is 23.5. The third-order valence-electron chi connectivity index (χ3n) is 9.54. The van der Waals surface area contributed by atoms with E-state index in [1.807, 2.05) is 0 Å². The number of nitrogens with two attached hydrogens (primary N) is 2. The van der Waals surface area contributed by atoms with Gasteiger partial charge in [-0.05, 0) is 82.9 Å². The van der Waals surface area contributed by atoms with Crippen LogP contribution in [0.15, 0.2) is 145 Å². The van der Waals surface area contributed by atoms with Crippen LogP contribution in [0, 0.1) is 0 Å². The number of nitrogen functional groups attached to an aromatic ring is 2. The van der Waals surface area contributed by atoms with Gasteiger partial charge in [0.15, 0.2) is 0 Å². The van der Waals surface area contributed by atoms with Crippen LogP contribution in [0.4, 0.5) is 11.4 Å². The molecule has 43 heavy (non-hydrogen) atoms. The Hall–Kier alpha value is -5.60. The van der Waals surface area contributed by atoms with Crippen molar-refractivity contribution in [3.05, 3.63) is 167 Å². The topological polar surface area (TPSA) is 52.0 Å². The predicted octanol–water partition coefficient (Wildman–Crippen LogP) is 7.89. The predicted molar refractivity (Wildman–Crippen MR) is 183 cm³/mol. The fraction of sp³-hybridized carbons (Fsp3) is 0.0244. The lowest BCUT2D eigenvalue weighted by Gasteiger charge is -2.40. The van der Waals surface area contributed by atoms with E-state index in [-0.39, 0.29) is 0 Å². The van der Waals surface area contributed by atoms with Gasteiger partial charge in [-0.25, -0.2) is 0 Å². The van der Waals surface area contributed by atoms with Gasteiger partial charge in [0, 0.05) is 22.5 Å². The van der Waals surface area contributed by atoms with E-state index in [9.17, 15) is 0 Å². The number of hydrogen-bond acceptors (Lipinski definition) is 2. The Labute approximate surface area is 249 Å². The van der Waals surface area contributed by atoms with Gasteiger partial charge in [0.1, 0.15) is 0 Å². The standard InChI is InChI=1S/C41H28N2/c42-35-21-19-25-10-1-3-13-28(25)39(35)41(40-29-14-4-2-11-26(29)20-22-36(40)43)23-9-12-27-24-34-32-17-6-5-15-30(32)31-16-7-8-18-33(31)37(34)38(27)41/h1-24H,42-43H2. The molecule has 202 valence electrons. The molecular formula is C41H28N2. The minimum atomic E-state index is -0.757. The largest absolute Gasteiger partial charge is 0.398 e. The molecule has 0 unspecified atom stereocenters. The van der Waals surface area contributed by atoms with Crippen molar-refractivity contribution in [1.82, 2.24) is 0 Å². The van der Waals surface area contributed by atoms with Crippen LogP contribution in [-0.2, 0) is 5.41 Å². The fourth-order valence-electron chi connectivity index (χ4n) is 7.89. The second-order valence-corrected chi connectivity index (χ2v) is 11.7. The lowest BCUT2D eigenvalue weighted by Crippen LogP contribution is -2.37. The molecule has 7 aromatic carbocycles. The van der Waals surface area contributed by atoms with Gasteiger partial charge in [-0.15, -0.1) is 0 Å². The van der Waals surface area contributed by atoms with Gasteiger partial charge >= 0.3 is 0 Å². The first-order valence-electron chi connectivity index (χ1n) is 14.8. The van der Waals surface area contributed by atoms with Gasteiger partial charge in [0.05, 0.1) is 5.41 Å². The molecule has 7 aromatic rings. The van der Waals surface area contributed by atoms with Crippen molar-refractivity contribution in [2.45, 2.75) is 5.41 Å². The number of anilines is 2. The zero-order chi connectivity index (χ0) is 28.7. The van der Waals surface area contributed by atoms with E-state index in [1.165, 1.54) is 43.1 Å². The minimum absolute atomic E-state index is 0.753. The summed E-state index contributed by atoms with van der Waals surface area (Å²) in [6, 6.07) is 43.1. The number of allylic oxidation sites excluding steroid dienone is 4. The Kier molecular flexibility index (Phi) is 4.87. The van der Waals surface area contributed by atoms with Gasteiger partial charge in [-0.3, -0.25) is 0 Å². The summed E-state index contributed by atoms with van der Waals surface area (Å²) in [5, 5.41) is 12.1. The summed E-state index contributed by atoms with van der Waals surface area (Å²) in [6.07, 6.45) is 9.17. The smallest absolute Gasteiger partial charge is 0.0699 e. The van der Waals surface area contributed by atoms with Gasteiger partial charge in [0.25, 0.3) is 0 Å². The fourth-order valence-corrected chi connectivity index (χ4v) is 7.89. The zero-order valence-corrected chi connectivity index (χ0v) is 23.5. The number of rotatable bonds is 2. The molecule has 2 aliphatic rings. The lowest BCUT2D eigenvalue weighted by atomic mass is 9.62. The second-order valence-electron chi connectivity index (χ2n) is 11.7. The molecule has 0 heterocycles. The molecule has 2 aliphatic carbocycles. The highest BCUT2D eigenvalue weighted by Gasteiger charge is 2.45. The van der Waals surface area contributed by atoms with Crippen molar-refractivity contribution in [1.29, 1.82) is 0 Å². The SMILES string of the molecule is Nc1ccc2ccccc2c1C1(c2c(N)ccc3ccccc23)C=CC=C2C=c3c(c4ccccc4c4ccccc34)=C21. The maximum atomic E-state index is 7.12. The lowest BCUT2D eigenvalue weighted by molar-refractivity contribution is 0.856. The van der Waals surface area contributed by atoms with Crippen LogP contribution in [0.1, 0.15) is 11.1 Å². The van der Waals surface area contributed by atoms with Crippen LogP contribution in [0.25, 0.3) is 54.7 Å². The van der Waals surface area contributed by atoms with Crippen LogP contribution in [0.5, 0.6) is 0 Å². The highest BCUT2D eigenvalue weighted by Crippen LogP contribution is 2.54. The summed E-state index contributed by atoms with van der Waals surface area (Å²) in [5.74, 6) is 0. The highest BCUT2D eigenvalue weighted by molar-refractivity contribution is 6.14. The van der Waals surface area contributed by atoms with E-state index in [2.05, 4.69) is 146 Å². The number of benzene rings is 7. The first-order valence-corrected chi connectivity index (χ1v) is 14.8. The van der Waals surface area contributed by atoms with Crippen LogP contribution in [-0.4, -0.2) is 0 Å². The molecular weight excluding hydrogens is 520 g/mol. The summed E-state index contributed by atoms with van der Waals surface area (Å²) in [6.45, 7) is 0. The van der Waals surface area contributed by atoms with Crippen LogP contribution < -0.4 is 21.9 Å². The van der Waals surface area contributed by atoms with E-state index in [1.54, 1.807) is 0 Å². The van der Waals surface area contributed by atoms with Crippen molar-refractivity contribution < 1.29 is 0 Å². The first kappa shape index (κ1) is 24.0. The van der Waals surface area contributed by atoms with Crippen molar-refractivity contribution >= 4 is 66.1 Å². The molecule has 0 atom stereocenters.